The third-order valence-electron chi connectivity index (χ3n) is 4.66. The second kappa shape index (κ2) is 7.70. The minimum absolute atomic E-state index is 0.161. The van der Waals surface area contributed by atoms with Crippen molar-refractivity contribution < 1.29 is 14.4 Å². The lowest BCUT2D eigenvalue weighted by Crippen LogP contribution is -2.25. The molecule has 0 bridgehead atoms. The highest BCUT2D eigenvalue weighted by molar-refractivity contribution is 5.31. The number of hydrogen-bond donors (Lipinski definition) is 1. The van der Waals surface area contributed by atoms with Crippen LogP contribution in [0.4, 0.5) is 0 Å². The molecule has 0 unspecified atom stereocenters. The minimum Gasteiger partial charge on any atom is -0.493 e. The lowest BCUT2D eigenvalue weighted by atomic mass is 10.2. The fourth-order valence-corrected chi connectivity index (χ4v) is 3.10. The van der Waals surface area contributed by atoms with E-state index < -0.39 is 0 Å². The number of rotatable bonds is 7. The van der Waals surface area contributed by atoms with Gasteiger partial charge in [0.25, 0.3) is 0 Å². The summed E-state index contributed by atoms with van der Waals surface area (Å²) in [6, 6.07) is 9.35. The molecule has 9 heteroatoms. The smallest absolute Gasteiger partial charge is 0.335 e. The fourth-order valence-electron chi connectivity index (χ4n) is 3.10. The van der Waals surface area contributed by atoms with Gasteiger partial charge in [0.2, 0.25) is 5.88 Å². The van der Waals surface area contributed by atoms with Gasteiger partial charge in [-0.2, -0.15) is 5.10 Å². The Kier molecular flexibility index (Phi) is 4.94. The van der Waals surface area contributed by atoms with E-state index in [0.29, 0.717) is 25.4 Å². The molecule has 0 aliphatic rings. The molecule has 0 atom stereocenters. The number of imidazole rings is 1. The Bertz CT molecular complexity index is 1150. The first kappa shape index (κ1) is 18.6. The Balaban J connectivity index is 1.49. The molecular weight excluding hydrogens is 374 g/mol. The standard InChI is InChI=1S/C20H21N5O4/c1-14-18(15(2)29-22-14)12-24-11-16(10-21-24)25-19(26)13-23(20(25)27)8-9-28-17-6-4-3-5-7-17/h3-7,10-11,13,26H,8-9,12H2,1-2H3. The van der Waals surface area contributed by atoms with Crippen LogP contribution in [0.3, 0.4) is 0 Å². The second-order valence-corrected chi connectivity index (χ2v) is 6.66. The van der Waals surface area contributed by atoms with Crippen molar-refractivity contribution in [2.75, 3.05) is 6.61 Å². The van der Waals surface area contributed by atoms with Gasteiger partial charge >= 0.3 is 5.69 Å². The molecule has 0 radical (unpaired) electrons. The first-order chi connectivity index (χ1) is 14.0. The normalized spacial score (nSPS) is 11.1. The predicted octanol–water partition coefficient (Wildman–Crippen LogP) is 2.27. The van der Waals surface area contributed by atoms with Crippen LogP contribution >= 0.6 is 0 Å². The van der Waals surface area contributed by atoms with E-state index in [4.69, 9.17) is 9.26 Å². The number of aromatic hydroxyl groups is 1. The van der Waals surface area contributed by atoms with Crippen molar-refractivity contribution in [1.29, 1.82) is 0 Å². The maximum Gasteiger partial charge on any atom is 0.335 e. The summed E-state index contributed by atoms with van der Waals surface area (Å²) in [5, 5.41) is 18.5. The topological polar surface area (TPSA) is 100 Å². The average molecular weight is 395 g/mol. The molecule has 9 nitrogen and oxygen atoms in total. The van der Waals surface area contributed by atoms with Crippen LogP contribution in [0.1, 0.15) is 17.0 Å². The Hall–Kier alpha value is -3.75. The lowest BCUT2D eigenvalue weighted by molar-refractivity contribution is 0.296. The Morgan fingerprint density at radius 2 is 1.97 bits per heavy atom. The van der Waals surface area contributed by atoms with Crippen LogP contribution in [0.2, 0.25) is 0 Å². The molecule has 1 aromatic carbocycles. The van der Waals surface area contributed by atoms with E-state index in [2.05, 4.69) is 10.3 Å². The maximum atomic E-state index is 12.7. The van der Waals surface area contributed by atoms with E-state index in [1.807, 2.05) is 44.2 Å². The first-order valence-corrected chi connectivity index (χ1v) is 9.16. The third-order valence-corrected chi connectivity index (χ3v) is 4.66. The Labute approximate surface area is 166 Å². The molecule has 0 spiro atoms. The maximum absolute atomic E-state index is 12.7. The van der Waals surface area contributed by atoms with Crippen LogP contribution in [0.15, 0.2) is 58.2 Å². The molecule has 0 aliphatic heterocycles. The van der Waals surface area contributed by atoms with Crippen LogP contribution in [-0.2, 0) is 13.1 Å². The fraction of sp³-hybridized carbons (Fsp3) is 0.250. The molecule has 0 saturated heterocycles. The molecule has 4 rings (SSSR count). The van der Waals surface area contributed by atoms with Gasteiger partial charge in [0.1, 0.15) is 18.1 Å². The van der Waals surface area contributed by atoms with Crippen LogP contribution in [-0.4, -0.2) is 35.8 Å². The van der Waals surface area contributed by atoms with Gasteiger partial charge in [0.05, 0.1) is 36.9 Å². The molecule has 0 aliphatic carbocycles. The van der Waals surface area contributed by atoms with Gasteiger partial charge in [-0.05, 0) is 26.0 Å². The summed E-state index contributed by atoms with van der Waals surface area (Å²) in [7, 11) is 0. The summed E-state index contributed by atoms with van der Waals surface area (Å²) < 4.78 is 15.1. The van der Waals surface area contributed by atoms with Gasteiger partial charge in [0.15, 0.2) is 0 Å². The van der Waals surface area contributed by atoms with Crippen molar-refractivity contribution in [3.63, 3.8) is 0 Å². The largest absolute Gasteiger partial charge is 0.493 e. The molecule has 0 amide bonds. The number of nitrogens with zero attached hydrogens (tertiary/aromatic N) is 5. The van der Waals surface area contributed by atoms with Gasteiger partial charge < -0.3 is 14.4 Å². The van der Waals surface area contributed by atoms with Crippen LogP contribution < -0.4 is 10.4 Å². The Morgan fingerprint density at radius 3 is 2.69 bits per heavy atom. The van der Waals surface area contributed by atoms with Crippen molar-refractivity contribution in [2.45, 2.75) is 26.9 Å². The number of para-hydroxylation sites is 1. The first-order valence-electron chi connectivity index (χ1n) is 9.16. The summed E-state index contributed by atoms with van der Waals surface area (Å²) >= 11 is 0. The number of benzene rings is 1. The molecule has 3 heterocycles. The van der Waals surface area contributed by atoms with E-state index in [-0.39, 0.29) is 11.6 Å². The third kappa shape index (κ3) is 3.79. The number of hydrogen-bond acceptors (Lipinski definition) is 6. The van der Waals surface area contributed by atoms with Crippen LogP contribution in [0, 0.1) is 13.8 Å². The summed E-state index contributed by atoms with van der Waals surface area (Å²) in [6.45, 7) is 4.78. The van der Waals surface area contributed by atoms with Crippen molar-refractivity contribution in [3.05, 3.63) is 76.4 Å². The Morgan fingerprint density at radius 1 is 1.17 bits per heavy atom. The van der Waals surface area contributed by atoms with E-state index >= 15 is 0 Å². The number of ether oxygens (including phenoxy) is 1. The zero-order valence-corrected chi connectivity index (χ0v) is 16.1. The summed E-state index contributed by atoms with van der Waals surface area (Å²) in [6.07, 6.45) is 4.62. The van der Waals surface area contributed by atoms with E-state index in [9.17, 15) is 9.90 Å². The summed E-state index contributed by atoms with van der Waals surface area (Å²) in [4.78, 5) is 12.7. The van der Waals surface area contributed by atoms with Crippen molar-refractivity contribution >= 4 is 0 Å². The lowest BCUT2D eigenvalue weighted by Gasteiger charge is -2.05. The van der Waals surface area contributed by atoms with E-state index in [0.717, 1.165) is 22.8 Å². The zero-order chi connectivity index (χ0) is 20.4. The summed E-state index contributed by atoms with van der Waals surface area (Å²) in [5.74, 6) is 1.29. The monoisotopic (exact) mass is 395 g/mol. The van der Waals surface area contributed by atoms with Gasteiger partial charge in [0, 0.05) is 11.8 Å². The molecular formula is C20H21N5O4. The molecule has 0 fully saturated rings. The van der Waals surface area contributed by atoms with Gasteiger partial charge in [-0.25, -0.2) is 9.36 Å². The van der Waals surface area contributed by atoms with Gasteiger partial charge in [-0.1, -0.05) is 23.4 Å². The molecule has 29 heavy (non-hydrogen) atoms. The van der Waals surface area contributed by atoms with Crippen molar-refractivity contribution in [1.82, 2.24) is 24.1 Å². The molecule has 3 aromatic heterocycles. The molecule has 0 saturated carbocycles. The van der Waals surface area contributed by atoms with Gasteiger partial charge in [-0.15, -0.1) is 0 Å². The van der Waals surface area contributed by atoms with E-state index in [1.165, 1.54) is 21.5 Å². The van der Waals surface area contributed by atoms with E-state index in [1.54, 1.807) is 10.9 Å². The summed E-state index contributed by atoms with van der Waals surface area (Å²) in [5.41, 5.74) is 1.84. The van der Waals surface area contributed by atoms with Crippen LogP contribution in [0.25, 0.3) is 5.69 Å². The quantitative estimate of drug-likeness (QED) is 0.515. The minimum atomic E-state index is -0.365. The van der Waals surface area contributed by atoms with Crippen LogP contribution in [0.5, 0.6) is 11.6 Å². The predicted molar refractivity (Wildman–Crippen MR) is 104 cm³/mol. The SMILES string of the molecule is Cc1noc(C)c1Cn1cc(-n2c(O)cn(CCOc3ccccc3)c2=O)cn1. The van der Waals surface area contributed by atoms with Gasteiger partial charge in [-0.3, -0.25) is 9.25 Å². The molecule has 150 valence electrons. The average Bonchev–Trinajstić information content (AvgIpc) is 3.37. The highest BCUT2D eigenvalue weighted by Crippen LogP contribution is 2.17. The highest BCUT2D eigenvalue weighted by Gasteiger charge is 2.15. The highest BCUT2D eigenvalue weighted by atomic mass is 16.5. The van der Waals surface area contributed by atoms with Crippen molar-refractivity contribution in [2.24, 2.45) is 0 Å². The molecule has 4 aromatic rings. The zero-order valence-electron chi connectivity index (χ0n) is 16.1. The van der Waals surface area contributed by atoms with Crippen molar-refractivity contribution in [3.8, 4) is 17.3 Å². The second-order valence-electron chi connectivity index (χ2n) is 6.66. The molecule has 1 N–H and O–H groups in total. The number of aryl methyl sites for hydroxylation is 2. The number of aromatic nitrogens is 5.